The van der Waals surface area contributed by atoms with Crippen molar-refractivity contribution < 1.29 is 22.7 Å². The summed E-state index contributed by atoms with van der Waals surface area (Å²) in [5, 5.41) is 4.84. The number of likely N-dealkylation sites (N-methyl/N-ethyl adjacent to an activating group) is 1. The zero-order chi connectivity index (χ0) is 28.0. The summed E-state index contributed by atoms with van der Waals surface area (Å²) in [6.45, 7) is 1.64. The molecule has 0 radical (unpaired) electrons. The van der Waals surface area contributed by atoms with Crippen molar-refractivity contribution in [3.05, 3.63) is 72.3 Å². The van der Waals surface area contributed by atoms with Crippen molar-refractivity contribution in [1.82, 2.24) is 14.5 Å². The highest BCUT2D eigenvalue weighted by Crippen LogP contribution is 2.23. The number of hydrogen-bond donors (Lipinski definition) is 1. The van der Waals surface area contributed by atoms with E-state index in [0.717, 1.165) is 46.3 Å². The topological polar surface area (TPSA) is 96.0 Å². The van der Waals surface area contributed by atoms with Gasteiger partial charge in [-0.1, -0.05) is 62.2 Å². The van der Waals surface area contributed by atoms with Crippen LogP contribution in [-0.4, -0.2) is 62.2 Å². The minimum absolute atomic E-state index is 0.112. The fraction of sp³-hybridized carbons (Fsp3) is 0.400. The Hall–Kier alpha value is -3.43. The molecular weight excluding hydrogens is 514 g/mol. The Morgan fingerprint density at radius 3 is 2.31 bits per heavy atom. The smallest absolute Gasteiger partial charge is 0.243 e. The van der Waals surface area contributed by atoms with Gasteiger partial charge in [0, 0.05) is 19.6 Å². The van der Waals surface area contributed by atoms with Crippen molar-refractivity contribution >= 4 is 32.6 Å². The molecule has 0 saturated heterocycles. The monoisotopic (exact) mass is 551 g/mol. The maximum absolute atomic E-state index is 13.7. The number of carbonyl (C=O) groups is 2. The zero-order valence-electron chi connectivity index (χ0n) is 22.8. The first-order valence-electron chi connectivity index (χ1n) is 13.4. The third-order valence-electron chi connectivity index (χ3n) is 7.39. The first-order valence-corrected chi connectivity index (χ1v) is 14.8. The molecule has 8 nitrogen and oxygen atoms in total. The van der Waals surface area contributed by atoms with Crippen molar-refractivity contribution in [2.45, 2.75) is 62.6 Å². The summed E-state index contributed by atoms with van der Waals surface area (Å²) >= 11 is 0. The van der Waals surface area contributed by atoms with Crippen LogP contribution < -0.4 is 10.1 Å². The van der Waals surface area contributed by atoms with Crippen molar-refractivity contribution in [3.8, 4) is 5.75 Å². The predicted molar refractivity (Wildman–Crippen MR) is 152 cm³/mol. The summed E-state index contributed by atoms with van der Waals surface area (Å²) in [7, 11) is -0.967. The van der Waals surface area contributed by atoms with Gasteiger partial charge in [-0.05, 0) is 59.9 Å². The molecule has 1 aliphatic rings. The molecule has 0 aliphatic heterocycles. The van der Waals surface area contributed by atoms with Crippen LogP contribution >= 0.6 is 0 Å². The van der Waals surface area contributed by atoms with E-state index in [9.17, 15) is 18.0 Å². The van der Waals surface area contributed by atoms with Gasteiger partial charge in [0.2, 0.25) is 21.8 Å². The van der Waals surface area contributed by atoms with Crippen LogP contribution in [0, 0.1) is 0 Å². The molecule has 1 atom stereocenters. The molecule has 1 fully saturated rings. The molecular formula is C30H37N3O5S. The average Bonchev–Trinajstić information content (AvgIpc) is 3.45. The number of sulfonamides is 1. The van der Waals surface area contributed by atoms with Crippen LogP contribution in [0.4, 0.5) is 0 Å². The predicted octanol–water partition coefficient (Wildman–Crippen LogP) is 4.34. The Morgan fingerprint density at radius 2 is 1.67 bits per heavy atom. The average molecular weight is 552 g/mol. The van der Waals surface area contributed by atoms with Crippen LogP contribution in [0.25, 0.3) is 10.8 Å². The third kappa shape index (κ3) is 6.78. The summed E-state index contributed by atoms with van der Waals surface area (Å²) in [4.78, 5) is 28.7. The van der Waals surface area contributed by atoms with Gasteiger partial charge in [0.25, 0.3) is 0 Å². The summed E-state index contributed by atoms with van der Waals surface area (Å²) in [6.07, 6.45) is 4.42. The maximum Gasteiger partial charge on any atom is 0.243 e. The first kappa shape index (κ1) is 28.6. The minimum atomic E-state index is -3.94. The van der Waals surface area contributed by atoms with E-state index < -0.39 is 28.5 Å². The lowest BCUT2D eigenvalue weighted by Crippen LogP contribution is -2.53. The van der Waals surface area contributed by atoms with Crippen LogP contribution in [0.5, 0.6) is 5.75 Å². The fourth-order valence-electron chi connectivity index (χ4n) is 5.09. The van der Waals surface area contributed by atoms with Gasteiger partial charge in [0.1, 0.15) is 11.8 Å². The molecule has 2 amide bonds. The van der Waals surface area contributed by atoms with Crippen molar-refractivity contribution in [3.63, 3.8) is 0 Å². The van der Waals surface area contributed by atoms with E-state index in [1.165, 1.54) is 11.9 Å². The quantitative estimate of drug-likeness (QED) is 0.383. The molecule has 3 aromatic rings. The SMILES string of the molecule is CCC(C(=O)NC1CCCC1)N(Cc1ccc(OC)cc1)C(=O)CN(C)S(=O)(=O)c1ccc2ccccc2c1. The van der Waals surface area contributed by atoms with Gasteiger partial charge in [-0.3, -0.25) is 9.59 Å². The normalized spacial score (nSPS) is 14.9. The lowest BCUT2D eigenvalue weighted by molar-refractivity contribution is -0.141. The molecule has 39 heavy (non-hydrogen) atoms. The van der Waals surface area contributed by atoms with E-state index >= 15 is 0 Å². The number of methoxy groups -OCH3 is 1. The molecule has 9 heteroatoms. The second kappa shape index (κ2) is 12.6. The van der Waals surface area contributed by atoms with Crippen molar-refractivity contribution in [2.75, 3.05) is 20.7 Å². The molecule has 0 bridgehead atoms. The van der Waals surface area contributed by atoms with E-state index in [2.05, 4.69) is 5.32 Å². The molecule has 1 N–H and O–H groups in total. The lowest BCUT2D eigenvalue weighted by atomic mass is 10.1. The largest absolute Gasteiger partial charge is 0.497 e. The standard InChI is InChI=1S/C30H37N3O5S/c1-4-28(30(35)31-25-11-7-8-12-25)33(20-22-13-16-26(38-3)17-14-22)29(34)21-32(2)39(36,37)27-18-15-23-9-5-6-10-24(23)19-27/h5-6,9-10,13-19,25,28H,4,7-8,11-12,20-21H2,1-3H3,(H,31,35). The highest BCUT2D eigenvalue weighted by atomic mass is 32.2. The lowest BCUT2D eigenvalue weighted by Gasteiger charge is -2.32. The van der Waals surface area contributed by atoms with E-state index in [-0.39, 0.29) is 23.4 Å². The highest BCUT2D eigenvalue weighted by Gasteiger charge is 2.33. The summed E-state index contributed by atoms with van der Waals surface area (Å²) in [5.74, 6) is 0.0428. The maximum atomic E-state index is 13.7. The Kier molecular flexibility index (Phi) is 9.24. The molecule has 1 aliphatic carbocycles. The summed E-state index contributed by atoms with van der Waals surface area (Å²) < 4.78 is 33.2. The number of hydrogen-bond acceptors (Lipinski definition) is 5. The molecule has 0 aromatic heterocycles. The Bertz CT molecular complexity index is 1400. The third-order valence-corrected chi connectivity index (χ3v) is 9.19. The van der Waals surface area contributed by atoms with Crippen molar-refractivity contribution in [2.24, 2.45) is 0 Å². The van der Waals surface area contributed by atoms with Crippen molar-refractivity contribution in [1.29, 1.82) is 0 Å². The van der Waals surface area contributed by atoms with Gasteiger partial charge in [-0.15, -0.1) is 0 Å². The van der Waals surface area contributed by atoms with E-state index in [0.29, 0.717) is 12.2 Å². The summed E-state index contributed by atoms with van der Waals surface area (Å²) in [5.41, 5.74) is 0.816. The van der Waals surface area contributed by atoms with Crippen LogP contribution in [0.3, 0.4) is 0 Å². The molecule has 4 rings (SSSR count). The molecule has 0 heterocycles. The zero-order valence-corrected chi connectivity index (χ0v) is 23.6. The van der Waals surface area contributed by atoms with Gasteiger partial charge < -0.3 is 15.0 Å². The van der Waals surface area contributed by atoms with E-state index in [1.807, 2.05) is 43.3 Å². The van der Waals surface area contributed by atoms with Gasteiger partial charge in [-0.2, -0.15) is 4.31 Å². The first-order chi connectivity index (χ1) is 18.7. The number of fused-ring (bicyclic) bond motifs is 1. The minimum Gasteiger partial charge on any atom is -0.497 e. The molecule has 0 spiro atoms. The molecule has 208 valence electrons. The Morgan fingerprint density at radius 1 is 1.00 bits per heavy atom. The Labute approximate surface area is 231 Å². The van der Waals surface area contributed by atoms with Crippen LogP contribution in [0.1, 0.15) is 44.6 Å². The number of benzene rings is 3. The van der Waals surface area contributed by atoms with Gasteiger partial charge in [0.05, 0.1) is 18.6 Å². The highest BCUT2D eigenvalue weighted by molar-refractivity contribution is 7.89. The molecule has 1 unspecified atom stereocenters. The number of carbonyl (C=O) groups excluding carboxylic acids is 2. The van der Waals surface area contributed by atoms with Gasteiger partial charge in [0.15, 0.2) is 0 Å². The molecule has 1 saturated carbocycles. The van der Waals surface area contributed by atoms with E-state index in [1.54, 1.807) is 37.4 Å². The molecule has 3 aromatic carbocycles. The van der Waals surface area contributed by atoms with Gasteiger partial charge in [-0.25, -0.2) is 8.42 Å². The van der Waals surface area contributed by atoms with Crippen LogP contribution in [-0.2, 0) is 26.2 Å². The summed E-state index contributed by atoms with van der Waals surface area (Å²) in [6, 6.07) is 19.1. The fourth-order valence-corrected chi connectivity index (χ4v) is 6.24. The number of rotatable bonds is 11. The second-order valence-electron chi connectivity index (χ2n) is 10.1. The Balaban J connectivity index is 1.57. The van der Waals surface area contributed by atoms with Gasteiger partial charge >= 0.3 is 0 Å². The van der Waals surface area contributed by atoms with E-state index in [4.69, 9.17) is 4.74 Å². The number of amides is 2. The number of nitrogens with zero attached hydrogens (tertiary/aromatic N) is 2. The van der Waals surface area contributed by atoms with Crippen LogP contribution in [0.2, 0.25) is 0 Å². The van der Waals surface area contributed by atoms with Crippen LogP contribution in [0.15, 0.2) is 71.6 Å². The number of nitrogens with one attached hydrogen (secondary N) is 1. The second-order valence-corrected chi connectivity index (χ2v) is 12.1. The number of ether oxygens (including phenoxy) is 1.